The third kappa shape index (κ3) is 3.75. The minimum Gasteiger partial charge on any atom is -0.395 e. The molecule has 0 radical (unpaired) electrons. The van der Waals surface area contributed by atoms with E-state index in [0.29, 0.717) is 25.1 Å². The Kier molecular flexibility index (Phi) is 5.45. The molecule has 0 unspecified atom stereocenters. The smallest absolute Gasteiger partial charge is 0.256 e. The monoisotopic (exact) mass is 293 g/mol. The van der Waals surface area contributed by atoms with Gasteiger partial charge in [-0.2, -0.15) is 11.8 Å². The molecular formula is C15H16FNO2S. The van der Waals surface area contributed by atoms with E-state index in [1.165, 1.54) is 12.1 Å². The minimum absolute atomic E-state index is 0.0149. The Morgan fingerprint density at radius 2 is 2.15 bits per heavy atom. The summed E-state index contributed by atoms with van der Waals surface area (Å²) in [5.41, 5.74) is 0.617. The van der Waals surface area contributed by atoms with Crippen LogP contribution in [0, 0.1) is 17.7 Å². The van der Waals surface area contributed by atoms with Gasteiger partial charge in [-0.1, -0.05) is 11.8 Å². The van der Waals surface area contributed by atoms with Gasteiger partial charge >= 0.3 is 0 Å². The molecule has 0 aromatic heterocycles. The number of benzene rings is 1. The fraction of sp³-hybridized carbons (Fsp3) is 0.400. The quantitative estimate of drug-likeness (QED) is 0.845. The molecule has 1 aliphatic rings. The summed E-state index contributed by atoms with van der Waals surface area (Å²) in [6, 6.07) is 4.40. The van der Waals surface area contributed by atoms with E-state index in [-0.39, 0.29) is 18.1 Å². The van der Waals surface area contributed by atoms with Crippen molar-refractivity contribution in [1.29, 1.82) is 0 Å². The van der Waals surface area contributed by atoms with E-state index in [4.69, 9.17) is 5.11 Å². The highest BCUT2D eigenvalue weighted by Gasteiger charge is 2.21. The summed E-state index contributed by atoms with van der Waals surface area (Å²) in [6.07, 6.45) is 0.355. The molecule has 1 aromatic carbocycles. The topological polar surface area (TPSA) is 40.5 Å². The molecule has 1 N–H and O–H groups in total. The van der Waals surface area contributed by atoms with Gasteiger partial charge in [0.15, 0.2) is 0 Å². The molecule has 5 heteroatoms. The number of halogens is 1. The maximum Gasteiger partial charge on any atom is 0.256 e. The van der Waals surface area contributed by atoms with Crippen LogP contribution in [0.4, 0.5) is 4.39 Å². The van der Waals surface area contributed by atoms with Gasteiger partial charge in [0.1, 0.15) is 5.82 Å². The maximum absolute atomic E-state index is 14.0. The molecule has 106 valence electrons. The van der Waals surface area contributed by atoms with Crippen LogP contribution in [0.3, 0.4) is 0 Å². The van der Waals surface area contributed by atoms with E-state index < -0.39 is 5.82 Å². The fourth-order valence-corrected chi connectivity index (χ4v) is 2.83. The van der Waals surface area contributed by atoms with E-state index in [9.17, 15) is 9.18 Å². The molecular weight excluding hydrogens is 277 g/mol. The molecule has 2 rings (SSSR count). The van der Waals surface area contributed by atoms with Gasteiger partial charge in [0.2, 0.25) is 0 Å². The molecule has 1 fully saturated rings. The van der Waals surface area contributed by atoms with Crippen LogP contribution in [0.1, 0.15) is 22.3 Å². The number of aliphatic hydroxyl groups excluding tert-OH is 1. The molecule has 1 heterocycles. The van der Waals surface area contributed by atoms with Crippen LogP contribution in [0.2, 0.25) is 0 Å². The lowest BCUT2D eigenvalue weighted by molar-refractivity contribution is 0.0767. The Morgan fingerprint density at radius 3 is 2.80 bits per heavy atom. The van der Waals surface area contributed by atoms with Crippen molar-refractivity contribution in [2.24, 2.45) is 0 Å². The summed E-state index contributed by atoms with van der Waals surface area (Å²) in [4.78, 5) is 13.9. The molecule has 1 aromatic rings. The highest BCUT2D eigenvalue weighted by atomic mass is 32.2. The SMILES string of the molecule is O=C(c1ccc(C#CCCO)cc1F)N1CCSCC1. The molecule has 0 bridgehead atoms. The number of carbonyl (C=O) groups excluding carboxylic acids is 1. The second-order valence-corrected chi connectivity index (χ2v) is 5.60. The highest BCUT2D eigenvalue weighted by molar-refractivity contribution is 7.99. The number of rotatable bonds is 2. The molecule has 20 heavy (non-hydrogen) atoms. The third-order valence-electron chi connectivity index (χ3n) is 2.97. The van der Waals surface area contributed by atoms with Crippen LogP contribution in [0.15, 0.2) is 18.2 Å². The number of nitrogens with zero attached hydrogens (tertiary/aromatic N) is 1. The standard InChI is InChI=1S/C15H16FNO2S/c16-14-11-12(3-1-2-8-18)4-5-13(14)15(19)17-6-9-20-10-7-17/h4-5,11,18H,2,6-10H2. The van der Waals surface area contributed by atoms with Gasteiger partial charge in [0.25, 0.3) is 5.91 Å². The van der Waals surface area contributed by atoms with Crippen molar-refractivity contribution in [3.05, 3.63) is 35.1 Å². The van der Waals surface area contributed by atoms with Crippen molar-refractivity contribution in [2.75, 3.05) is 31.2 Å². The van der Waals surface area contributed by atoms with Gasteiger partial charge in [-0.3, -0.25) is 4.79 Å². The van der Waals surface area contributed by atoms with Crippen LogP contribution in [-0.4, -0.2) is 47.1 Å². The molecule has 1 aliphatic heterocycles. The molecule has 0 saturated carbocycles. The zero-order valence-corrected chi connectivity index (χ0v) is 11.9. The lowest BCUT2D eigenvalue weighted by Gasteiger charge is -2.26. The summed E-state index contributed by atoms with van der Waals surface area (Å²) in [7, 11) is 0. The van der Waals surface area contributed by atoms with Crippen molar-refractivity contribution < 1.29 is 14.3 Å². The van der Waals surface area contributed by atoms with Gasteiger partial charge in [-0.05, 0) is 18.2 Å². The Morgan fingerprint density at radius 1 is 1.40 bits per heavy atom. The van der Waals surface area contributed by atoms with Crippen molar-refractivity contribution in [3.63, 3.8) is 0 Å². The lowest BCUT2D eigenvalue weighted by Crippen LogP contribution is -2.38. The highest BCUT2D eigenvalue weighted by Crippen LogP contribution is 2.16. The second-order valence-electron chi connectivity index (χ2n) is 4.37. The summed E-state index contributed by atoms with van der Waals surface area (Å²) in [6.45, 7) is 1.32. The first-order valence-electron chi connectivity index (χ1n) is 6.48. The average Bonchev–Trinajstić information content (AvgIpc) is 2.48. The normalized spacial score (nSPS) is 14.6. The van der Waals surface area contributed by atoms with Crippen LogP contribution >= 0.6 is 11.8 Å². The predicted molar refractivity (Wildman–Crippen MR) is 78.2 cm³/mol. The van der Waals surface area contributed by atoms with Crippen LogP contribution < -0.4 is 0 Å². The van der Waals surface area contributed by atoms with Gasteiger partial charge in [-0.15, -0.1) is 0 Å². The van der Waals surface area contributed by atoms with Crippen molar-refractivity contribution in [2.45, 2.75) is 6.42 Å². The lowest BCUT2D eigenvalue weighted by atomic mass is 10.1. The zero-order chi connectivity index (χ0) is 14.4. The number of thioether (sulfide) groups is 1. The molecule has 0 atom stereocenters. The zero-order valence-electron chi connectivity index (χ0n) is 11.1. The van der Waals surface area contributed by atoms with Crippen molar-refractivity contribution in [1.82, 2.24) is 4.90 Å². The van der Waals surface area contributed by atoms with E-state index in [2.05, 4.69) is 11.8 Å². The Bertz CT molecular complexity index is 545. The van der Waals surface area contributed by atoms with E-state index in [1.54, 1.807) is 22.7 Å². The van der Waals surface area contributed by atoms with Gasteiger partial charge in [0.05, 0.1) is 12.2 Å². The molecule has 0 aliphatic carbocycles. The summed E-state index contributed by atoms with van der Waals surface area (Å²) in [5.74, 6) is 6.49. The van der Waals surface area contributed by atoms with Crippen LogP contribution in [-0.2, 0) is 0 Å². The molecule has 3 nitrogen and oxygen atoms in total. The number of hydrogen-bond acceptors (Lipinski definition) is 3. The largest absolute Gasteiger partial charge is 0.395 e. The van der Waals surface area contributed by atoms with Gasteiger partial charge in [-0.25, -0.2) is 4.39 Å². The number of aliphatic hydroxyl groups is 1. The molecule has 1 amide bonds. The summed E-state index contributed by atoms with van der Waals surface area (Å²) >= 11 is 1.80. The average molecular weight is 293 g/mol. The summed E-state index contributed by atoms with van der Waals surface area (Å²) in [5, 5.41) is 8.63. The van der Waals surface area contributed by atoms with Crippen molar-refractivity contribution >= 4 is 17.7 Å². The molecule has 0 spiro atoms. The predicted octanol–water partition coefficient (Wildman–Crippen LogP) is 1.75. The first-order chi connectivity index (χ1) is 9.72. The number of amides is 1. The first-order valence-corrected chi connectivity index (χ1v) is 7.64. The third-order valence-corrected chi connectivity index (χ3v) is 3.91. The summed E-state index contributed by atoms with van der Waals surface area (Å²) < 4.78 is 14.0. The van der Waals surface area contributed by atoms with Crippen LogP contribution in [0.25, 0.3) is 0 Å². The van der Waals surface area contributed by atoms with Gasteiger partial charge in [0, 0.05) is 36.6 Å². The minimum atomic E-state index is -0.538. The molecule has 1 saturated heterocycles. The Labute approximate surface area is 122 Å². The first kappa shape index (κ1) is 14.9. The Balaban J connectivity index is 2.13. The van der Waals surface area contributed by atoms with E-state index in [1.807, 2.05) is 0 Å². The Hall–Kier alpha value is -1.51. The number of carbonyl (C=O) groups is 1. The maximum atomic E-state index is 14.0. The van der Waals surface area contributed by atoms with Crippen LogP contribution in [0.5, 0.6) is 0 Å². The van der Waals surface area contributed by atoms with Crippen molar-refractivity contribution in [3.8, 4) is 11.8 Å². The second kappa shape index (κ2) is 7.32. The fourth-order valence-electron chi connectivity index (χ4n) is 1.92. The van der Waals surface area contributed by atoms with E-state index in [0.717, 1.165) is 11.5 Å². The van der Waals surface area contributed by atoms with E-state index >= 15 is 0 Å². The van der Waals surface area contributed by atoms with Gasteiger partial charge < -0.3 is 10.0 Å². The number of hydrogen-bond donors (Lipinski definition) is 1.